The zero-order valence-corrected chi connectivity index (χ0v) is 22.5. The molecule has 3 unspecified atom stereocenters. The molecule has 0 aliphatic carbocycles. The van der Waals surface area contributed by atoms with E-state index in [-0.39, 0.29) is 25.5 Å². The molecule has 1 amide bonds. The first-order valence-electron chi connectivity index (χ1n) is 12.6. The third kappa shape index (κ3) is 20.3. The molecule has 0 fully saturated rings. The fourth-order valence-corrected chi connectivity index (χ4v) is 3.85. The van der Waals surface area contributed by atoms with Crippen LogP contribution in [0, 0.1) is 0 Å². The maximum atomic E-state index is 12.1. The second-order valence-corrected chi connectivity index (χ2v) is 11.1. The van der Waals surface area contributed by atoms with Gasteiger partial charge in [0, 0.05) is 6.42 Å². The Balaban J connectivity index is 4.38. The maximum Gasteiger partial charge on any atom is 0.472 e. The minimum atomic E-state index is -4.28. The quantitative estimate of drug-likeness (QED) is 0.0937. The summed E-state index contributed by atoms with van der Waals surface area (Å²) in [6.07, 6.45) is 14.9. The van der Waals surface area contributed by atoms with Gasteiger partial charge in [0.15, 0.2) is 0 Å². The summed E-state index contributed by atoms with van der Waals surface area (Å²) in [7, 11) is 1.56. The van der Waals surface area contributed by atoms with E-state index < -0.39 is 20.0 Å². The van der Waals surface area contributed by atoms with Gasteiger partial charge in [0.25, 0.3) is 0 Å². The summed E-state index contributed by atoms with van der Waals surface area (Å²) in [4.78, 5) is 21.7. The Morgan fingerprint density at radius 2 is 1.58 bits per heavy atom. The molecule has 0 bridgehead atoms. The van der Waals surface area contributed by atoms with Crippen molar-refractivity contribution in [1.82, 2.24) is 5.32 Å². The molecule has 0 heterocycles. The molecule has 3 atom stereocenters. The number of phosphoric ester groups is 1. The van der Waals surface area contributed by atoms with Crippen LogP contribution in [0.15, 0.2) is 12.2 Å². The molecule has 9 heteroatoms. The lowest BCUT2D eigenvalue weighted by Crippen LogP contribution is -2.45. The van der Waals surface area contributed by atoms with Crippen molar-refractivity contribution < 1.29 is 32.9 Å². The number of unbranched alkanes of at least 4 members (excludes halogenated alkanes) is 9. The van der Waals surface area contributed by atoms with Crippen molar-refractivity contribution >= 4 is 13.7 Å². The summed E-state index contributed by atoms with van der Waals surface area (Å²) in [6, 6.07) is -0.834. The van der Waals surface area contributed by atoms with Gasteiger partial charge in [-0.15, -0.1) is 0 Å². The van der Waals surface area contributed by atoms with Crippen molar-refractivity contribution in [3.8, 4) is 0 Å². The lowest BCUT2D eigenvalue weighted by molar-refractivity contribution is -0.870. The predicted octanol–water partition coefficient (Wildman–Crippen LogP) is 4.56. The number of phosphoric acid groups is 1. The van der Waals surface area contributed by atoms with Crippen LogP contribution < -0.4 is 5.32 Å². The summed E-state index contributed by atoms with van der Waals surface area (Å²) >= 11 is 0. The molecule has 0 spiro atoms. The number of aliphatic hydroxyl groups is 1. The topological polar surface area (TPSA) is 105 Å². The number of amides is 1. The Kier molecular flexibility index (Phi) is 18.1. The van der Waals surface area contributed by atoms with Gasteiger partial charge < -0.3 is 19.8 Å². The molecule has 33 heavy (non-hydrogen) atoms. The van der Waals surface area contributed by atoms with Gasteiger partial charge in [0.1, 0.15) is 13.2 Å². The zero-order valence-electron chi connectivity index (χ0n) is 21.6. The van der Waals surface area contributed by atoms with Crippen molar-refractivity contribution in [2.45, 2.75) is 96.6 Å². The lowest BCUT2D eigenvalue weighted by atomic mass is 10.1. The summed E-state index contributed by atoms with van der Waals surface area (Å²) in [5.41, 5.74) is 0. The zero-order chi connectivity index (χ0) is 25.2. The number of aliphatic hydroxyl groups excluding tert-OH is 1. The summed E-state index contributed by atoms with van der Waals surface area (Å²) in [5.74, 6) is -0.270. The van der Waals surface area contributed by atoms with Crippen LogP contribution in [0.1, 0.15) is 84.5 Å². The van der Waals surface area contributed by atoms with Crippen LogP contribution >= 0.6 is 7.82 Å². The number of hydrogen-bond acceptors (Lipinski definition) is 5. The normalized spacial score (nSPS) is 16.0. The molecule has 0 aromatic rings. The number of rotatable bonds is 21. The molecule has 0 aliphatic rings. The van der Waals surface area contributed by atoms with Crippen LogP contribution in [0.2, 0.25) is 0 Å². The summed E-state index contributed by atoms with van der Waals surface area (Å²) < 4.78 is 22.8. The molecule has 0 rings (SSSR count). The van der Waals surface area contributed by atoms with E-state index in [1.54, 1.807) is 13.0 Å². The molecule has 8 nitrogen and oxygen atoms in total. The third-order valence-corrected chi connectivity index (χ3v) is 6.31. The molecule has 0 saturated heterocycles. The number of allylic oxidation sites excluding steroid dienone is 1. The molecular formula is C24H50N2O6P+. The molecule has 3 N–H and O–H groups in total. The molecule has 0 aromatic carbocycles. The third-order valence-electron chi connectivity index (χ3n) is 5.32. The first-order valence-corrected chi connectivity index (χ1v) is 14.1. The van der Waals surface area contributed by atoms with Crippen LogP contribution in [0.3, 0.4) is 0 Å². The first kappa shape index (κ1) is 32.2. The highest BCUT2D eigenvalue weighted by molar-refractivity contribution is 7.47. The van der Waals surface area contributed by atoms with Gasteiger partial charge in [-0.3, -0.25) is 13.8 Å². The predicted molar refractivity (Wildman–Crippen MR) is 134 cm³/mol. The van der Waals surface area contributed by atoms with Crippen molar-refractivity contribution in [3.05, 3.63) is 12.2 Å². The molecule has 0 aliphatic heterocycles. The van der Waals surface area contributed by atoms with Gasteiger partial charge in [0.05, 0.1) is 39.9 Å². The van der Waals surface area contributed by atoms with Gasteiger partial charge in [-0.1, -0.05) is 77.4 Å². The Hall–Kier alpha value is -0.760. The molecule has 0 radical (unpaired) electrons. The minimum absolute atomic E-state index is 0.0600. The van der Waals surface area contributed by atoms with E-state index in [1.807, 2.05) is 27.2 Å². The largest absolute Gasteiger partial charge is 0.472 e. The van der Waals surface area contributed by atoms with Gasteiger partial charge in [-0.2, -0.15) is 0 Å². The Morgan fingerprint density at radius 1 is 1.00 bits per heavy atom. The number of likely N-dealkylation sites (N-methyl/N-ethyl adjacent to an activating group) is 1. The van der Waals surface area contributed by atoms with Gasteiger partial charge in [-0.25, -0.2) is 4.57 Å². The SMILES string of the molecule is CCCCCCCCCCC/C=C/C(O)C(COP(=O)(O)OCC[N+](C)(C)C)NC(=O)CC. The lowest BCUT2D eigenvalue weighted by Gasteiger charge is -2.25. The van der Waals surface area contributed by atoms with E-state index >= 15 is 0 Å². The monoisotopic (exact) mass is 493 g/mol. The number of carbonyl (C=O) groups excluding carboxylic acids is 1. The van der Waals surface area contributed by atoms with Crippen LogP contribution in [-0.4, -0.2) is 73.4 Å². The second kappa shape index (κ2) is 18.6. The van der Waals surface area contributed by atoms with Gasteiger partial charge in [0.2, 0.25) is 5.91 Å². The summed E-state index contributed by atoms with van der Waals surface area (Å²) in [6.45, 7) is 4.20. The van der Waals surface area contributed by atoms with Crippen LogP contribution in [0.25, 0.3) is 0 Å². The van der Waals surface area contributed by atoms with Crippen molar-refractivity contribution in [1.29, 1.82) is 0 Å². The molecular weight excluding hydrogens is 443 g/mol. The minimum Gasteiger partial charge on any atom is -0.387 e. The smallest absolute Gasteiger partial charge is 0.387 e. The van der Waals surface area contributed by atoms with E-state index in [2.05, 4.69) is 12.2 Å². The average Bonchev–Trinajstić information content (AvgIpc) is 2.73. The number of nitrogens with one attached hydrogen (secondary N) is 1. The van der Waals surface area contributed by atoms with E-state index in [1.165, 1.54) is 44.9 Å². The van der Waals surface area contributed by atoms with Crippen molar-refractivity contribution in [2.24, 2.45) is 0 Å². The number of hydrogen-bond donors (Lipinski definition) is 3. The maximum absolute atomic E-state index is 12.1. The fourth-order valence-electron chi connectivity index (χ4n) is 3.12. The highest BCUT2D eigenvalue weighted by Gasteiger charge is 2.27. The number of nitrogens with zero attached hydrogens (tertiary/aromatic N) is 1. The molecule has 0 aromatic heterocycles. The van der Waals surface area contributed by atoms with Crippen LogP contribution in [-0.2, 0) is 18.4 Å². The second-order valence-electron chi connectivity index (χ2n) is 9.67. The standard InChI is InChI=1S/C24H49N2O6P/c1-6-8-9-10-11-12-13-14-15-16-17-18-23(27)22(25-24(28)7-2)21-32-33(29,30)31-20-19-26(3,4)5/h17-18,22-23,27H,6-16,19-21H2,1-5H3,(H-,25,28,29,30)/p+1/b18-17+. The first-order chi connectivity index (χ1) is 15.5. The Labute approximate surface area is 201 Å². The van der Waals surface area contributed by atoms with E-state index in [0.29, 0.717) is 11.0 Å². The van der Waals surface area contributed by atoms with Gasteiger partial charge >= 0.3 is 7.82 Å². The van der Waals surface area contributed by atoms with Crippen molar-refractivity contribution in [3.63, 3.8) is 0 Å². The van der Waals surface area contributed by atoms with E-state index in [9.17, 15) is 19.4 Å². The number of carbonyl (C=O) groups is 1. The Bertz CT molecular complexity index is 580. The fraction of sp³-hybridized carbons (Fsp3) is 0.875. The average molecular weight is 494 g/mol. The van der Waals surface area contributed by atoms with Crippen molar-refractivity contribution in [2.75, 3.05) is 40.9 Å². The van der Waals surface area contributed by atoms with Crippen LogP contribution in [0.5, 0.6) is 0 Å². The van der Waals surface area contributed by atoms with Crippen LogP contribution in [0.4, 0.5) is 0 Å². The molecule has 196 valence electrons. The molecule has 0 saturated carbocycles. The Morgan fingerprint density at radius 3 is 2.12 bits per heavy atom. The number of quaternary nitrogens is 1. The highest BCUT2D eigenvalue weighted by atomic mass is 31.2. The highest BCUT2D eigenvalue weighted by Crippen LogP contribution is 2.43. The van der Waals surface area contributed by atoms with Gasteiger partial charge in [-0.05, 0) is 12.8 Å². The summed E-state index contributed by atoms with van der Waals surface area (Å²) in [5, 5.41) is 13.1. The van der Waals surface area contributed by atoms with E-state index in [0.717, 1.165) is 19.3 Å². The van der Waals surface area contributed by atoms with E-state index in [4.69, 9.17) is 9.05 Å².